The highest BCUT2D eigenvalue weighted by molar-refractivity contribution is 7.98. The predicted molar refractivity (Wildman–Crippen MR) is 73.8 cm³/mol. The van der Waals surface area contributed by atoms with Gasteiger partial charge in [-0.3, -0.25) is 4.79 Å². The summed E-state index contributed by atoms with van der Waals surface area (Å²) in [5.41, 5.74) is 7.04. The molecule has 0 saturated heterocycles. The summed E-state index contributed by atoms with van der Waals surface area (Å²) in [6, 6.07) is 7.21. The van der Waals surface area contributed by atoms with E-state index in [1.54, 1.807) is 30.0 Å². The number of nitrogens with zero attached hydrogens (tertiary/aromatic N) is 1. The fraction of sp³-hybridized carbons (Fsp3) is 0.333. The van der Waals surface area contributed by atoms with E-state index >= 15 is 0 Å². The van der Waals surface area contributed by atoms with Gasteiger partial charge >= 0.3 is 0 Å². The molecule has 5 nitrogen and oxygen atoms in total. The second-order valence-electron chi connectivity index (χ2n) is 3.71. The smallest absolute Gasteiger partial charge is 0.221 e. The number of nitrogens with two attached hydrogens (primary N) is 1. The maximum absolute atomic E-state index is 11.4. The van der Waals surface area contributed by atoms with Crippen LogP contribution >= 0.6 is 11.8 Å². The topological polar surface area (TPSA) is 87.7 Å². The van der Waals surface area contributed by atoms with Crippen molar-refractivity contribution in [2.45, 2.75) is 13.0 Å². The summed E-state index contributed by atoms with van der Waals surface area (Å²) in [6.45, 7) is 0.444. The van der Waals surface area contributed by atoms with E-state index in [2.05, 4.69) is 10.5 Å². The van der Waals surface area contributed by atoms with E-state index < -0.39 is 0 Å². The van der Waals surface area contributed by atoms with Crippen LogP contribution in [0, 0.1) is 0 Å². The first-order valence-electron chi connectivity index (χ1n) is 5.50. The summed E-state index contributed by atoms with van der Waals surface area (Å²) in [4.78, 5) is 11.4. The molecule has 0 unspecified atom stereocenters. The number of rotatable bonds is 6. The van der Waals surface area contributed by atoms with E-state index in [0.717, 1.165) is 11.3 Å². The Labute approximate surface area is 110 Å². The molecule has 0 bridgehead atoms. The van der Waals surface area contributed by atoms with Gasteiger partial charge in [0.1, 0.15) is 0 Å². The van der Waals surface area contributed by atoms with Crippen LogP contribution in [-0.4, -0.2) is 29.0 Å². The second-order valence-corrected chi connectivity index (χ2v) is 4.69. The Balaban J connectivity index is 2.55. The van der Waals surface area contributed by atoms with Crippen LogP contribution in [0.4, 0.5) is 0 Å². The number of thioether (sulfide) groups is 1. The number of nitrogens with one attached hydrogen (secondary N) is 1. The van der Waals surface area contributed by atoms with E-state index in [1.165, 1.54) is 0 Å². The first-order valence-corrected chi connectivity index (χ1v) is 6.89. The van der Waals surface area contributed by atoms with Gasteiger partial charge in [-0.15, -0.1) is 0 Å². The fourth-order valence-electron chi connectivity index (χ4n) is 1.38. The van der Waals surface area contributed by atoms with Crippen LogP contribution in [0.3, 0.4) is 0 Å². The van der Waals surface area contributed by atoms with Crippen molar-refractivity contribution in [2.75, 3.05) is 12.0 Å². The number of amides is 1. The lowest BCUT2D eigenvalue weighted by molar-refractivity contribution is -0.120. The third-order valence-electron chi connectivity index (χ3n) is 2.35. The SMILES string of the molecule is CSCCC(=O)NCc1cccc(C(N)=NO)c1. The van der Waals surface area contributed by atoms with Gasteiger partial charge in [0, 0.05) is 24.3 Å². The summed E-state index contributed by atoms with van der Waals surface area (Å²) in [7, 11) is 0. The van der Waals surface area contributed by atoms with Crippen LogP contribution < -0.4 is 11.1 Å². The van der Waals surface area contributed by atoms with Gasteiger partial charge in [0.15, 0.2) is 5.84 Å². The Bertz CT molecular complexity index is 435. The average Bonchev–Trinajstić information content (AvgIpc) is 2.42. The number of amidine groups is 1. The Morgan fingerprint density at radius 1 is 1.56 bits per heavy atom. The Morgan fingerprint density at radius 2 is 2.33 bits per heavy atom. The van der Waals surface area contributed by atoms with Crippen molar-refractivity contribution in [1.82, 2.24) is 5.32 Å². The predicted octanol–water partition coefficient (Wildman–Crippen LogP) is 1.15. The van der Waals surface area contributed by atoms with Crippen LogP contribution in [0.15, 0.2) is 29.4 Å². The molecule has 1 rings (SSSR count). The van der Waals surface area contributed by atoms with Crippen molar-refractivity contribution in [1.29, 1.82) is 0 Å². The molecule has 0 heterocycles. The number of oxime groups is 1. The molecule has 98 valence electrons. The van der Waals surface area contributed by atoms with Crippen molar-refractivity contribution in [2.24, 2.45) is 10.9 Å². The van der Waals surface area contributed by atoms with Gasteiger partial charge in [-0.1, -0.05) is 23.4 Å². The Morgan fingerprint density at radius 3 is 3.00 bits per heavy atom. The summed E-state index contributed by atoms with van der Waals surface area (Å²) in [5.74, 6) is 0.903. The lowest BCUT2D eigenvalue weighted by Gasteiger charge is -2.06. The zero-order valence-corrected chi connectivity index (χ0v) is 11.0. The molecule has 18 heavy (non-hydrogen) atoms. The maximum atomic E-state index is 11.4. The van der Waals surface area contributed by atoms with Crippen LogP contribution in [0.25, 0.3) is 0 Å². The molecule has 4 N–H and O–H groups in total. The summed E-state index contributed by atoms with van der Waals surface area (Å²) in [5, 5.41) is 14.3. The van der Waals surface area contributed by atoms with Crippen LogP contribution in [0.5, 0.6) is 0 Å². The van der Waals surface area contributed by atoms with Gasteiger partial charge in [-0.25, -0.2) is 0 Å². The molecule has 0 atom stereocenters. The van der Waals surface area contributed by atoms with Gasteiger partial charge < -0.3 is 16.3 Å². The molecule has 0 aliphatic heterocycles. The van der Waals surface area contributed by atoms with E-state index in [4.69, 9.17) is 10.9 Å². The molecule has 0 spiro atoms. The summed E-state index contributed by atoms with van der Waals surface area (Å²) < 4.78 is 0. The number of hydrogen-bond donors (Lipinski definition) is 3. The molecule has 1 aromatic rings. The number of hydrogen-bond acceptors (Lipinski definition) is 4. The van der Waals surface area contributed by atoms with Crippen molar-refractivity contribution in [3.8, 4) is 0 Å². The normalized spacial score (nSPS) is 11.3. The molecule has 0 saturated carbocycles. The standard InChI is InChI=1S/C12H17N3O2S/c1-18-6-5-11(16)14-8-9-3-2-4-10(7-9)12(13)15-17/h2-4,7,17H,5-6,8H2,1H3,(H2,13,15)(H,14,16). The number of carbonyl (C=O) groups excluding carboxylic acids is 1. The first kappa shape index (κ1) is 14.4. The fourth-order valence-corrected chi connectivity index (χ4v) is 1.77. The molecular weight excluding hydrogens is 250 g/mol. The van der Waals surface area contributed by atoms with Crippen molar-refractivity contribution >= 4 is 23.5 Å². The van der Waals surface area contributed by atoms with Crippen molar-refractivity contribution < 1.29 is 10.0 Å². The lowest BCUT2D eigenvalue weighted by Crippen LogP contribution is -2.23. The highest BCUT2D eigenvalue weighted by Crippen LogP contribution is 2.05. The Hall–Kier alpha value is -1.69. The van der Waals surface area contributed by atoms with Gasteiger partial charge in [0.05, 0.1) is 0 Å². The zero-order chi connectivity index (χ0) is 13.4. The minimum atomic E-state index is 0.0264. The second kappa shape index (κ2) is 7.60. The molecule has 0 aromatic heterocycles. The van der Waals surface area contributed by atoms with Gasteiger partial charge in [-0.05, 0) is 17.9 Å². The van der Waals surface area contributed by atoms with E-state index in [0.29, 0.717) is 18.5 Å². The quantitative estimate of drug-likeness (QED) is 0.312. The monoisotopic (exact) mass is 267 g/mol. The van der Waals surface area contributed by atoms with Gasteiger partial charge in [-0.2, -0.15) is 11.8 Å². The highest BCUT2D eigenvalue weighted by Gasteiger charge is 2.03. The molecule has 1 amide bonds. The minimum Gasteiger partial charge on any atom is -0.409 e. The lowest BCUT2D eigenvalue weighted by atomic mass is 10.1. The van der Waals surface area contributed by atoms with Crippen LogP contribution in [-0.2, 0) is 11.3 Å². The number of benzene rings is 1. The maximum Gasteiger partial charge on any atom is 0.221 e. The van der Waals surface area contributed by atoms with E-state index in [1.807, 2.05) is 12.3 Å². The average molecular weight is 267 g/mol. The highest BCUT2D eigenvalue weighted by atomic mass is 32.2. The molecule has 0 fully saturated rings. The molecular formula is C12H17N3O2S. The van der Waals surface area contributed by atoms with Crippen molar-refractivity contribution in [3.63, 3.8) is 0 Å². The third-order valence-corrected chi connectivity index (χ3v) is 2.97. The summed E-state index contributed by atoms with van der Waals surface area (Å²) in [6.07, 6.45) is 2.48. The molecule has 6 heteroatoms. The van der Waals surface area contributed by atoms with Crippen molar-refractivity contribution in [3.05, 3.63) is 35.4 Å². The largest absolute Gasteiger partial charge is 0.409 e. The van der Waals surface area contributed by atoms with E-state index in [9.17, 15) is 4.79 Å². The molecule has 0 radical (unpaired) electrons. The molecule has 0 aliphatic rings. The van der Waals surface area contributed by atoms with Crippen LogP contribution in [0.1, 0.15) is 17.5 Å². The van der Waals surface area contributed by atoms with Gasteiger partial charge in [0.2, 0.25) is 5.91 Å². The third kappa shape index (κ3) is 4.67. The van der Waals surface area contributed by atoms with Gasteiger partial charge in [0.25, 0.3) is 0 Å². The molecule has 1 aromatic carbocycles. The summed E-state index contributed by atoms with van der Waals surface area (Å²) >= 11 is 1.64. The van der Waals surface area contributed by atoms with E-state index in [-0.39, 0.29) is 11.7 Å². The number of carbonyl (C=O) groups is 1. The zero-order valence-electron chi connectivity index (χ0n) is 10.2. The minimum absolute atomic E-state index is 0.0264. The molecule has 0 aliphatic carbocycles. The Kier molecular flexibility index (Phi) is 6.07. The first-order chi connectivity index (χ1) is 8.67. The van der Waals surface area contributed by atoms with Crippen LogP contribution in [0.2, 0.25) is 0 Å².